The van der Waals surface area contributed by atoms with Crippen LogP contribution in [-0.4, -0.2) is 54.0 Å². The Bertz CT molecular complexity index is 738. The molecule has 1 fully saturated rings. The molecule has 0 spiro atoms. The van der Waals surface area contributed by atoms with Crippen molar-refractivity contribution in [2.24, 2.45) is 10.4 Å². The Hall–Kier alpha value is -2.38. The number of hydrogen-bond acceptors (Lipinski definition) is 4. The van der Waals surface area contributed by atoms with Crippen LogP contribution in [0.25, 0.3) is 0 Å². The lowest BCUT2D eigenvalue weighted by Crippen LogP contribution is -2.44. The van der Waals surface area contributed by atoms with Gasteiger partial charge in [0.2, 0.25) is 0 Å². The van der Waals surface area contributed by atoms with Crippen molar-refractivity contribution in [3.05, 3.63) is 54.1 Å². The zero-order chi connectivity index (χ0) is 19.7. The fourth-order valence-corrected chi connectivity index (χ4v) is 3.57. The molecule has 1 aromatic carbocycles. The number of rotatable bonds is 9. The molecule has 28 heavy (non-hydrogen) atoms. The standard InChI is InChI=1S/C21H31N5O2/c1-22-20(25-16-21(8-13-27)9-14-28-17-21)24-15-19-23-10-12-26(19)11-7-18-5-3-2-4-6-18/h2-6,10,12,27H,7-9,11,13-17H2,1H3,(H2,22,24,25). The summed E-state index contributed by atoms with van der Waals surface area (Å²) in [6, 6.07) is 10.5. The third-order valence-electron chi connectivity index (χ3n) is 5.38. The molecule has 1 unspecified atom stereocenters. The van der Waals surface area contributed by atoms with Gasteiger partial charge >= 0.3 is 0 Å². The maximum atomic E-state index is 9.37. The molecule has 0 amide bonds. The first-order chi connectivity index (χ1) is 13.7. The second-order valence-electron chi connectivity index (χ2n) is 7.33. The number of aryl methyl sites for hydroxylation is 2. The maximum absolute atomic E-state index is 9.37. The monoisotopic (exact) mass is 385 g/mol. The minimum atomic E-state index is -0.0134. The van der Waals surface area contributed by atoms with Gasteiger partial charge in [0.25, 0.3) is 0 Å². The van der Waals surface area contributed by atoms with Crippen molar-refractivity contribution in [2.45, 2.75) is 32.4 Å². The van der Waals surface area contributed by atoms with Gasteiger partial charge in [-0.05, 0) is 24.8 Å². The van der Waals surface area contributed by atoms with E-state index < -0.39 is 0 Å². The molecule has 1 saturated heterocycles. The summed E-state index contributed by atoms with van der Waals surface area (Å²) in [5.41, 5.74) is 1.31. The second kappa shape index (κ2) is 10.2. The molecule has 1 aliphatic rings. The van der Waals surface area contributed by atoms with Crippen LogP contribution in [0.1, 0.15) is 24.2 Å². The summed E-state index contributed by atoms with van der Waals surface area (Å²) in [4.78, 5) is 8.80. The van der Waals surface area contributed by atoms with E-state index in [2.05, 4.69) is 49.4 Å². The van der Waals surface area contributed by atoms with Gasteiger partial charge in [0.05, 0.1) is 13.2 Å². The molecule has 0 saturated carbocycles. The summed E-state index contributed by atoms with van der Waals surface area (Å²) >= 11 is 0. The van der Waals surface area contributed by atoms with Crippen molar-refractivity contribution in [2.75, 3.05) is 33.4 Å². The molecule has 2 heterocycles. The molecule has 1 aliphatic heterocycles. The van der Waals surface area contributed by atoms with Gasteiger partial charge in [-0.2, -0.15) is 0 Å². The average molecular weight is 386 g/mol. The van der Waals surface area contributed by atoms with Gasteiger partial charge in [0.15, 0.2) is 5.96 Å². The van der Waals surface area contributed by atoms with E-state index >= 15 is 0 Å². The number of guanidine groups is 1. The van der Waals surface area contributed by atoms with Crippen LogP contribution in [-0.2, 0) is 24.2 Å². The van der Waals surface area contributed by atoms with E-state index in [1.54, 1.807) is 7.05 Å². The number of aliphatic hydroxyl groups is 1. The van der Waals surface area contributed by atoms with E-state index in [1.165, 1.54) is 5.56 Å². The third-order valence-corrected chi connectivity index (χ3v) is 5.38. The predicted molar refractivity (Wildman–Crippen MR) is 110 cm³/mol. The minimum absolute atomic E-state index is 0.0134. The van der Waals surface area contributed by atoms with E-state index in [4.69, 9.17) is 4.74 Å². The third kappa shape index (κ3) is 5.56. The molecular weight excluding hydrogens is 354 g/mol. The first kappa shape index (κ1) is 20.4. The van der Waals surface area contributed by atoms with Gasteiger partial charge in [-0.15, -0.1) is 0 Å². The van der Waals surface area contributed by atoms with Crippen LogP contribution >= 0.6 is 0 Å². The van der Waals surface area contributed by atoms with Crippen LogP contribution in [0.4, 0.5) is 0 Å². The highest BCUT2D eigenvalue weighted by Gasteiger charge is 2.34. The zero-order valence-corrected chi connectivity index (χ0v) is 16.6. The first-order valence-corrected chi connectivity index (χ1v) is 9.92. The van der Waals surface area contributed by atoms with Gasteiger partial charge in [0.1, 0.15) is 5.82 Å². The van der Waals surface area contributed by atoms with Gasteiger partial charge in [0, 0.05) is 51.2 Å². The summed E-state index contributed by atoms with van der Waals surface area (Å²) in [5.74, 6) is 1.72. The molecule has 2 aromatic rings. The lowest BCUT2D eigenvalue weighted by molar-refractivity contribution is 0.127. The number of ether oxygens (including phenoxy) is 1. The van der Waals surface area contributed by atoms with E-state index in [0.29, 0.717) is 13.2 Å². The number of hydrogen-bond donors (Lipinski definition) is 3. The molecule has 3 rings (SSSR count). The lowest BCUT2D eigenvalue weighted by Gasteiger charge is -2.27. The van der Waals surface area contributed by atoms with Crippen LogP contribution in [0.15, 0.2) is 47.7 Å². The Morgan fingerprint density at radius 3 is 2.89 bits per heavy atom. The number of imidazole rings is 1. The predicted octanol–water partition coefficient (Wildman–Crippen LogP) is 1.58. The molecule has 7 heteroatoms. The number of nitrogens with zero attached hydrogens (tertiary/aromatic N) is 3. The highest BCUT2D eigenvalue weighted by Crippen LogP contribution is 2.31. The van der Waals surface area contributed by atoms with Gasteiger partial charge in [-0.1, -0.05) is 30.3 Å². The smallest absolute Gasteiger partial charge is 0.191 e. The number of aliphatic hydroxyl groups excluding tert-OH is 1. The Morgan fingerprint density at radius 1 is 1.32 bits per heavy atom. The van der Waals surface area contributed by atoms with Crippen molar-refractivity contribution in [3.63, 3.8) is 0 Å². The van der Waals surface area contributed by atoms with E-state index in [-0.39, 0.29) is 12.0 Å². The molecule has 7 nitrogen and oxygen atoms in total. The minimum Gasteiger partial charge on any atom is -0.396 e. The van der Waals surface area contributed by atoms with Crippen LogP contribution in [0.2, 0.25) is 0 Å². The molecule has 0 bridgehead atoms. The summed E-state index contributed by atoms with van der Waals surface area (Å²) in [6.07, 6.45) is 6.52. The largest absolute Gasteiger partial charge is 0.396 e. The SMILES string of the molecule is CN=C(NCc1nccn1CCc1ccccc1)NCC1(CCO)CCOC1. The lowest BCUT2D eigenvalue weighted by atomic mass is 9.84. The van der Waals surface area contributed by atoms with Gasteiger partial charge in [-0.25, -0.2) is 4.98 Å². The summed E-state index contributed by atoms with van der Waals surface area (Å²) in [5, 5.41) is 16.1. The van der Waals surface area contributed by atoms with Crippen molar-refractivity contribution in [3.8, 4) is 0 Å². The zero-order valence-electron chi connectivity index (χ0n) is 16.6. The van der Waals surface area contributed by atoms with Gasteiger partial charge in [-0.3, -0.25) is 4.99 Å². The van der Waals surface area contributed by atoms with Crippen LogP contribution in [0, 0.1) is 5.41 Å². The first-order valence-electron chi connectivity index (χ1n) is 9.92. The number of nitrogens with one attached hydrogen (secondary N) is 2. The highest BCUT2D eigenvalue weighted by molar-refractivity contribution is 5.79. The van der Waals surface area contributed by atoms with E-state index in [9.17, 15) is 5.11 Å². The molecule has 0 aliphatic carbocycles. The normalized spacial score (nSPS) is 19.7. The summed E-state index contributed by atoms with van der Waals surface area (Å²) in [7, 11) is 1.76. The van der Waals surface area contributed by atoms with Crippen LogP contribution in [0.3, 0.4) is 0 Å². The second-order valence-corrected chi connectivity index (χ2v) is 7.33. The molecular formula is C21H31N5O2. The van der Waals surface area contributed by atoms with Gasteiger partial charge < -0.3 is 25.0 Å². The van der Waals surface area contributed by atoms with Crippen molar-refractivity contribution >= 4 is 5.96 Å². The number of aromatic nitrogens is 2. The van der Waals surface area contributed by atoms with Crippen molar-refractivity contribution in [1.29, 1.82) is 0 Å². The van der Waals surface area contributed by atoms with Crippen LogP contribution < -0.4 is 10.6 Å². The van der Waals surface area contributed by atoms with E-state index in [0.717, 1.165) is 50.7 Å². The average Bonchev–Trinajstić information content (AvgIpc) is 3.37. The summed E-state index contributed by atoms with van der Waals surface area (Å²) < 4.78 is 7.72. The highest BCUT2D eigenvalue weighted by atomic mass is 16.5. The Kier molecular flexibility index (Phi) is 7.45. The van der Waals surface area contributed by atoms with Crippen molar-refractivity contribution < 1.29 is 9.84 Å². The topological polar surface area (TPSA) is 83.7 Å². The number of aliphatic imine (C=N–C) groups is 1. The number of benzene rings is 1. The summed E-state index contributed by atoms with van der Waals surface area (Å²) in [6.45, 7) is 3.84. The van der Waals surface area contributed by atoms with E-state index in [1.807, 2.05) is 18.5 Å². The van der Waals surface area contributed by atoms with Crippen LogP contribution in [0.5, 0.6) is 0 Å². The maximum Gasteiger partial charge on any atom is 0.191 e. The quantitative estimate of drug-likeness (QED) is 0.451. The Balaban J connectivity index is 1.49. The fraction of sp³-hybridized carbons (Fsp3) is 0.524. The Morgan fingerprint density at radius 2 is 2.18 bits per heavy atom. The molecule has 1 aromatic heterocycles. The molecule has 0 radical (unpaired) electrons. The molecule has 1 atom stereocenters. The molecule has 3 N–H and O–H groups in total. The molecule has 152 valence electrons. The van der Waals surface area contributed by atoms with Crippen molar-refractivity contribution in [1.82, 2.24) is 20.2 Å². The fourth-order valence-electron chi connectivity index (χ4n) is 3.57. The Labute approximate surface area is 166 Å².